The van der Waals surface area contributed by atoms with E-state index >= 15 is 0 Å². The highest BCUT2D eigenvalue weighted by atomic mass is 16.5. The lowest BCUT2D eigenvalue weighted by molar-refractivity contribution is -0.141. The third-order valence-electron chi connectivity index (χ3n) is 5.72. The number of ether oxygens (including phenoxy) is 1. The number of nitrogens with zero attached hydrogens (tertiary/aromatic N) is 1. The molecule has 1 unspecified atom stereocenters. The maximum Gasteiger partial charge on any atom is 0.296 e. The van der Waals surface area contributed by atoms with Crippen LogP contribution in [0, 0.1) is 5.92 Å². The largest absolute Gasteiger partial charge is 0.507 e. The molecule has 0 spiro atoms. The van der Waals surface area contributed by atoms with E-state index in [0.29, 0.717) is 29.6 Å². The van der Waals surface area contributed by atoms with Gasteiger partial charge < -0.3 is 19.2 Å². The van der Waals surface area contributed by atoms with Crippen LogP contribution in [0.3, 0.4) is 0 Å². The first-order valence-electron chi connectivity index (χ1n) is 10.5. The second kappa shape index (κ2) is 8.38. The number of hydrogen-bond acceptors (Lipinski definition) is 5. The number of hydrogen-bond donors (Lipinski definition) is 1. The van der Waals surface area contributed by atoms with Gasteiger partial charge in [0.1, 0.15) is 23.3 Å². The van der Waals surface area contributed by atoms with Gasteiger partial charge in [-0.1, -0.05) is 26.7 Å². The molecule has 1 saturated carbocycles. The van der Waals surface area contributed by atoms with Gasteiger partial charge in [0, 0.05) is 11.6 Å². The number of benzene rings is 1. The van der Waals surface area contributed by atoms with Crippen LogP contribution in [0.1, 0.15) is 56.9 Å². The minimum atomic E-state index is -0.708. The Hall–Kier alpha value is -3.02. The molecule has 1 amide bonds. The first-order chi connectivity index (χ1) is 14.5. The second-order valence-electron chi connectivity index (χ2n) is 8.39. The molecule has 1 aliphatic heterocycles. The molecule has 1 N–H and O–H groups in total. The number of amides is 1. The van der Waals surface area contributed by atoms with Crippen molar-refractivity contribution in [3.8, 4) is 5.75 Å². The van der Waals surface area contributed by atoms with Gasteiger partial charge in [-0.2, -0.15) is 0 Å². The Bertz CT molecular complexity index is 936. The summed E-state index contributed by atoms with van der Waals surface area (Å²) in [5.41, 5.74) is 0.547. The number of ketones is 1. The molecule has 158 valence electrons. The van der Waals surface area contributed by atoms with Crippen molar-refractivity contribution in [2.45, 2.75) is 51.6 Å². The Morgan fingerprint density at radius 2 is 1.87 bits per heavy atom. The van der Waals surface area contributed by atoms with Gasteiger partial charge in [0.15, 0.2) is 0 Å². The fourth-order valence-electron chi connectivity index (χ4n) is 4.26. The number of Topliss-reactive ketones (excluding diaryl/α,β-unsaturated/α-hetero) is 1. The molecule has 1 atom stereocenters. The lowest BCUT2D eigenvalue weighted by Crippen LogP contribution is -2.37. The van der Waals surface area contributed by atoms with Crippen molar-refractivity contribution >= 4 is 17.4 Å². The van der Waals surface area contributed by atoms with Crippen LogP contribution in [-0.4, -0.2) is 34.3 Å². The van der Waals surface area contributed by atoms with Gasteiger partial charge in [-0.25, -0.2) is 0 Å². The Kier molecular flexibility index (Phi) is 5.66. The van der Waals surface area contributed by atoms with Crippen LogP contribution in [0.15, 0.2) is 52.7 Å². The van der Waals surface area contributed by atoms with E-state index in [1.165, 1.54) is 6.26 Å². The number of carbonyl (C=O) groups is 2. The van der Waals surface area contributed by atoms with E-state index in [-0.39, 0.29) is 17.4 Å². The third-order valence-corrected chi connectivity index (χ3v) is 5.72. The van der Waals surface area contributed by atoms with Gasteiger partial charge in [0.05, 0.1) is 18.4 Å². The standard InChI is InChI=1S/C24H27NO5/c1-15(2)14-30-18-11-9-16(10-12-18)22(26)20-21(19-8-5-13-29-19)25(24(28)23(20)27)17-6-3-4-7-17/h5,8-13,15,17,21,26H,3-4,6-7,14H2,1-2H3/b22-20-. The van der Waals surface area contributed by atoms with Crippen molar-refractivity contribution < 1.29 is 23.8 Å². The smallest absolute Gasteiger partial charge is 0.296 e. The summed E-state index contributed by atoms with van der Waals surface area (Å²) in [6.45, 7) is 4.73. The van der Waals surface area contributed by atoms with E-state index in [2.05, 4.69) is 13.8 Å². The molecule has 0 bridgehead atoms. The van der Waals surface area contributed by atoms with Crippen molar-refractivity contribution in [2.75, 3.05) is 6.61 Å². The van der Waals surface area contributed by atoms with E-state index in [9.17, 15) is 14.7 Å². The molecule has 2 heterocycles. The van der Waals surface area contributed by atoms with Crippen LogP contribution in [0.5, 0.6) is 5.75 Å². The van der Waals surface area contributed by atoms with Crippen LogP contribution in [0.25, 0.3) is 5.76 Å². The third kappa shape index (κ3) is 3.74. The number of carbonyl (C=O) groups excluding carboxylic acids is 2. The van der Waals surface area contributed by atoms with E-state index in [1.807, 2.05) is 0 Å². The summed E-state index contributed by atoms with van der Waals surface area (Å²) in [4.78, 5) is 27.5. The Morgan fingerprint density at radius 1 is 1.17 bits per heavy atom. The van der Waals surface area contributed by atoms with E-state index in [4.69, 9.17) is 9.15 Å². The quantitative estimate of drug-likeness (QED) is 0.426. The summed E-state index contributed by atoms with van der Waals surface area (Å²) in [6.07, 6.45) is 5.27. The highest BCUT2D eigenvalue weighted by molar-refractivity contribution is 6.46. The highest BCUT2D eigenvalue weighted by Crippen LogP contribution is 2.43. The minimum absolute atomic E-state index is 0.0198. The topological polar surface area (TPSA) is 80.0 Å². The van der Waals surface area contributed by atoms with Gasteiger partial charge >= 0.3 is 0 Å². The van der Waals surface area contributed by atoms with E-state index < -0.39 is 17.7 Å². The maximum absolute atomic E-state index is 13.0. The molecule has 1 aromatic carbocycles. The number of likely N-dealkylation sites (tertiary alicyclic amines) is 1. The molecule has 4 rings (SSSR count). The minimum Gasteiger partial charge on any atom is -0.507 e. The van der Waals surface area contributed by atoms with Crippen molar-refractivity contribution in [1.82, 2.24) is 4.90 Å². The van der Waals surface area contributed by atoms with Crippen molar-refractivity contribution in [1.29, 1.82) is 0 Å². The molecular formula is C24H27NO5. The van der Waals surface area contributed by atoms with Crippen LogP contribution >= 0.6 is 0 Å². The van der Waals surface area contributed by atoms with Gasteiger partial charge in [0.2, 0.25) is 0 Å². The normalized spacial score (nSPS) is 21.7. The van der Waals surface area contributed by atoms with Crippen LogP contribution in [0.2, 0.25) is 0 Å². The molecule has 0 radical (unpaired) electrons. The molecule has 2 fully saturated rings. The number of rotatable bonds is 6. The maximum atomic E-state index is 13.0. The average molecular weight is 409 g/mol. The first-order valence-corrected chi connectivity index (χ1v) is 10.5. The van der Waals surface area contributed by atoms with Gasteiger partial charge in [-0.15, -0.1) is 0 Å². The van der Waals surface area contributed by atoms with Gasteiger partial charge in [-0.3, -0.25) is 9.59 Å². The lowest BCUT2D eigenvalue weighted by Gasteiger charge is -2.29. The van der Waals surface area contributed by atoms with Crippen molar-refractivity contribution in [3.63, 3.8) is 0 Å². The highest BCUT2D eigenvalue weighted by Gasteiger charge is 2.50. The Morgan fingerprint density at radius 3 is 2.47 bits per heavy atom. The van der Waals surface area contributed by atoms with Crippen molar-refractivity contribution in [2.24, 2.45) is 5.92 Å². The van der Waals surface area contributed by atoms with Crippen LogP contribution in [0.4, 0.5) is 0 Å². The fraction of sp³-hybridized carbons (Fsp3) is 0.417. The number of furan rings is 1. The van der Waals surface area contributed by atoms with Gasteiger partial charge in [0.25, 0.3) is 11.7 Å². The Labute approximate surface area is 176 Å². The summed E-state index contributed by atoms with van der Waals surface area (Å²) in [6, 6.07) is 9.66. The fourth-order valence-corrected chi connectivity index (χ4v) is 4.26. The molecule has 2 aromatic rings. The molecule has 2 aliphatic rings. The molecule has 1 saturated heterocycles. The Balaban J connectivity index is 1.71. The number of aliphatic hydroxyl groups is 1. The molecule has 1 aromatic heterocycles. The molecule has 6 heteroatoms. The second-order valence-corrected chi connectivity index (χ2v) is 8.39. The summed E-state index contributed by atoms with van der Waals surface area (Å²) in [5, 5.41) is 11.0. The predicted octanol–water partition coefficient (Wildman–Crippen LogP) is 4.68. The first kappa shape index (κ1) is 20.3. The van der Waals surface area contributed by atoms with Gasteiger partial charge in [-0.05, 0) is 55.2 Å². The summed E-state index contributed by atoms with van der Waals surface area (Å²) in [7, 11) is 0. The number of aliphatic hydroxyl groups excluding tert-OH is 1. The molecule has 6 nitrogen and oxygen atoms in total. The predicted molar refractivity (Wildman–Crippen MR) is 112 cm³/mol. The van der Waals surface area contributed by atoms with E-state index in [0.717, 1.165) is 25.7 Å². The van der Waals surface area contributed by atoms with Crippen LogP contribution in [-0.2, 0) is 9.59 Å². The zero-order valence-corrected chi connectivity index (χ0v) is 17.3. The molecular weight excluding hydrogens is 382 g/mol. The zero-order valence-electron chi connectivity index (χ0n) is 17.3. The monoisotopic (exact) mass is 409 g/mol. The van der Waals surface area contributed by atoms with Crippen LogP contribution < -0.4 is 4.74 Å². The summed E-state index contributed by atoms with van der Waals surface area (Å²) in [5.74, 6) is 0.153. The molecule has 30 heavy (non-hydrogen) atoms. The zero-order chi connectivity index (χ0) is 21.3. The molecule has 1 aliphatic carbocycles. The SMILES string of the molecule is CC(C)COc1ccc(/C(O)=C2/C(=O)C(=O)N(C3CCCC3)C2c2ccco2)cc1. The van der Waals surface area contributed by atoms with Crippen molar-refractivity contribution in [3.05, 3.63) is 59.6 Å². The van der Waals surface area contributed by atoms with E-state index in [1.54, 1.807) is 41.3 Å². The summed E-state index contributed by atoms with van der Waals surface area (Å²) >= 11 is 0. The lowest BCUT2D eigenvalue weighted by atomic mass is 9.98. The summed E-state index contributed by atoms with van der Waals surface area (Å²) < 4.78 is 11.3. The average Bonchev–Trinajstić information content (AvgIpc) is 3.48.